The van der Waals surface area contributed by atoms with Gasteiger partial charge in [-0.1, -0.05) is 0 Å². The average molecular weight is 117 g/mol. The standard InChI is InChI=1S/C4H7NO3/c1-5-3-2-7-4(6)8-3/h3,5H,2H2,1H3/t3-/m0/s1. The number of carbonyl (C=O) groups excluding carboxylic acids is 1. The molecule has 0 radical (unpaired) electrons. The normalized spacial score (nSPS) is 27.1. The number of carbonyl (C=O) groups is 1. The Labute approximate surface area is 46.8 Å². The summed E-state index contributed by atoms with van der Waals surface area (Å²) >= 11 is 0. The maximum Gasteiger partial charge on any atom is 0.510 e. The van der Waals surface area contributed by atoms with Gasteiger partial charge in [-0.05, 0) is 7.05 Å². The van der Waals surface area contributed by atoms with Gasteiger partial charge >= 0.3 is 6.16 Å². The van der Waals surface area contributed by atoms with Crippen LogP contribution in [0.2, 0.25) is 0 Å². The lowest BCUT2D eigenvalue weighted by molar-refractivity contribution is 0.112. The lowest BCUT2D eigenvalue weighted by atomic mass is 10.6. The molecule has 1 rings (SSSR count). The fraction of sp³-hybridized carbons (Fsp3) is 0.750. The van der Waals surface area contributed by atoms with Crippen LogP contribution in [0.4, 0.5) is 4.79 Å². The quantitative estimate of drug-likeness (QED) is 0.479. The highest BCUT2D eigenvalue weighted by atomic mass is 16.8. The third-order valence-electron chi connectivity index (χ3n) is 0.913. The first-order valence-corrected chi connectivity index (χ1v) is 2.33. The van der Waals surface area contributed by atoms with Crippen LogP contribution in [-0.2, 0) is 9.47 Å². The Morgan fingerprint density at radius 3 is 2.88 bits per heavy atom. The molecule has 0 aromatic heterocycles. The Kier molecular flexibility index (Phi) is 1.34. The van der Waals surface area contributed by atoms with E-state index in [0.717, 1.165) is 0 Å². The van der Waals surface area contributed by atoms with Crippen LogP contribution in [0.3, 0.4) is 0 Å². The van der Waals surface area contributed by atoms with Crippen molar-refractivity contribution in [1.29, 1.82) is 0 Å². The van der Waals surface area contributed by atoms with E-state index in [9.17, 15) is 4.79 Å². The number of rotatable bonds is 1. The van der Waals surface area contributed by atoms with E-state index in [1.54, 1.807) is 7.05 Å². The molecule has 0 saturated carbocycles. The second-order valence-electron chi connectivity index (χ2n) is 1.46. The molecule has 1 atom stereocenters. The van der Waals surface area contributed by atoms with E-state index in [4.69, 9.17) is 0 Å². The van der Waals surface area contributed by atoms with Crippen LogP contribution in [-0.4, -0.2) is 26.0 Å². The molecular formula is C4H7NO3. The SMILES string of the molecule is CN[C@@H]1COC(=O)O1. The van der Waals surface area contributed by atoms with Crippen LogP contribution in [0.5, 0.6) is 0 Å². The summed E-state index contributed by atoms with van der Waals surface area (Å²) in [7, 11) is 1.70. The second-order valence-corrected chi connectivity index (χ2v) is 1.46. The molecule has 0 aromatic rings. The molecule has 1 N–H and O–H groups in total. The number of hydrogen-bond donors (Lipinski definition) is 1. The molecule has 0 amide bonds. The van der Waals surface area contributed by atoms with Crippen molar-refractivity contribution in [3.8, 4) is 0 Å². The summed E-state index contributed by atoms with van der Waals surface area (Å²) < 4.78 is 8.97. The van der Waals surface area contributed by atoms with E-state index in [1.165, 1.54) is 0 Å². The molecule has 1 aliphatic rings. The van der Waals surface area contributed by atoms with Gasteiger partial charge in [0.05, 0.1) is 0 Å². The van der Waals surface area contributed by atoms with Crippen LogP contribution in [0.1, 0.15) is 0 Å². The average Bonchev–Trinajstić information content (AvgIpc) is 2.14. The summed E-state index contributed by atoms with van der Waals surface area (Å²) in [5, 5.41) is 2.73. The molecule has 0 bridgehead atoms. The second kappa shape index (κ2) is 2.00. The molecule has 1 heterocycles. The van der Waals surface area contributed by atoms with E-state index in [1.807, 2.05) is 0 Å². The highest BCUT2D eigenvalue weighted by molar-refractivity contribution is 5.61. The molecule has 0 aromatic carbocycles. The lowest BCUT2D eigenvalue weighted by Gasteiger charge is -1.99. The molecule has 46 valence electrons. The van der Waals surface area contributed by atoms with Gasteiger partial charge in [-0.3, -0.25) is 5.32 Å². The Hall–Kier alpha value is -0.770. The van der Waals surface area contributed by atoms with Crippen molar-refractivity contribution in [3.63, 3.8) is 0 Å². The molecule has 1 fully saturated rings. The number of cyclic esters (lactones) is 2. The van der Waals surface area contributed by atoms with Crippen molar-refractivity contribution in [3.05, 3.63) is 0 Å². The van der Waals surface area contributed by atoms with E-state index in [0.29, 0.717) is 6.61 Å². The van der Waals surface area contributed by atoms with Crippen molar-refractivity contribution >= 4 is 6.16 Å². The summed E-state index contributed by atoms with van der Waals surface area (Å²) in [6, 6.07) is 0. The largest absolute Gasteiger partial charge is 0.510 e. The number of nitrogens with one attached hydrogen (secondary N) is 1. The third-order valence-corrected chi connectivity index (χ3v) is 0.913. The van der Waals surface area contributed by atoms with Gasteiger partial charge in [-0.2, -0.15) is 0 Å². The summed E-state index contributed by atoms with van der Waals surface area (Å²) in [5.41, 5.74) is 0. The van der Waals surface area contributed by atoms with Gasteiger partial charge in [-0.15, -0.1) is 0 Å². The lowest BCUT2D eigenvalue weighted by Crippen LogP contribution is -2.26. The minimum Gasteiger partial charge on any atom is -0.429 e. The first-order chi connectivity index (χ1) is 3.83. The molecule has 0 unspecified atom stereocenters. The molecule has 1 saturated heterocycles. The predicted octanol–water partition coefficient (Wildman–Crippen LogP) is -0.301. The van der Waals surface area contributed by atoms with Gasteiger partial charge in [0.2, 0.25) is 0 Å². The zero-order valence-electron chi connectivity index (χ0n) is 4.51. The Balaban J connectivity index is 2.32. The van der Waals surface area contributed by atoms with Crippen molar-refractivity contribution in [2.45, 2.75) is 6.23 Å². The molecule has 0 aliphatic carbocycles. The van der Waals surface area contributed by atoms with Crippen LogP contribution < -0.4 is 5.32 Å². The highest BCUT2D eigenvalue weighted by Gasteiger charge is 2.22. The maximum absolute atomic E-state index is 10.1. The molecular weight excluding hydrogens is 110 g/mol. The van der Waals surface area contributed by atoms with Gasteiger partial charge < -0.3 is 9.47 Å². The minimum atomic E-state index is -0.593. The van der Waals surface area contributed by atoms with Crippen molar-refractivity contribution in [2.24, 2.45) is 0 Å². The number of ether oxygens (including phenoxy) is 2. The first-order valence-electron chi connectivity index (χ1n) is 2.33. The smallest absolute Gasteiger partial charge is 0.429 e. The third kappa shape index (κ3) is 0.894. The van der Waals surface area contributed by atoms with Gasteiger partial charge in [0, 0.05) is 0 Å². The maximum atomic E-state index is 10.1. The Bertz CT molecular complexity index is 103. The summed E-state index contributed by atoms with van der Waals surface area (Å²) in [5.74, 6) is 0. The molecule has 1 aliphatic heterocycles. The zero-order valence-corrected chi connectivity index (χ0v) is 4.51. The Morgan fingerprint density at radius 1 is 1.88 bits per heavy atom. The number of hydrogen-bond acceptors (Lipinski definition) is 4. The summed E-state index contributed by atoms with van der Waals surface area (Å²) in [6.45, 7) is 0.315. The zero-order chi connectivity index (χ0) is 5.98. The van der Waals surface area contributed by atoms with E-state index in [-0.39, 0.29) is 6.23 Å². The van der Waals surface area contributed by atoms with Gasteiger partial charge in [0.1, 0.15) is 6.61 Å². The first kappa shape index (κ1) is 5.37. The minimum absolute atomic E-state index is 0.248. The van der Waals surface area contributed by atoms with E-state index >= 15 is 0 Å². The molecule has 4 nitrogen and oxygen atoms in total. The molecule has 8 heavy (non-hydrogen) atoms. The monoisotopic (exact) mass is 117 g/mol. The van der Waals surface area contributed by atoms with Crippen molar-refractivity contribution in [1.82, 2.24) is 5.32 Å². The molecule has 0 spiro atoms. The van der Waals surface area contributed by atoms with Gasteiger partial charge in [0.15, 0.2) is 6.23 Å². The number of likely N-dealkylation sites (N-methyl/N-ethyl adjacent to an activating group) is 1. The van der Waals surface area contributed by atoms with E-state index in [2.05, 4.69) is 14.8 Å². The summed E-state index contributed by atoms with van der Waals surface area (Å²) in [6.07, 6.45) is -0.841. The van der Waals surface area contributed by atoms with Crippen LogP contribution in [0, 0.1) is 0 Å². The van der Waals surface area contributed by atoms with Gasteiger partial charge in [0.25, 0.3) is 0 Å². The summed E-state index contributed by atoms with van der Waals surface area (Å²) in [4.78, 5) is 10.1. The van der Waals surface area contributed by atoms with Crippen LogP contribution >= 0.6 is 0 Å². The van der Waals surface area contributed by atoms with Gasteiger partial charge in [-0.25, -0.2) is 4.79 Å². The van der Waals surface area contributed by atoms with Crippen LogP contribution in [0.15, 0.2) is 0 Å². The predicted molar refractivity (Wildman–Crippen MR) is 25.3 cm³/mol. The van der Waals surface area contributed by atoms with Crippen LogP contribution in [0.25, 0.3) is 0 Å². The van der Waals surface area contributed by atoms with Crippen molar-refractivity contribution < 1.29 is 14.3 Å². The fourth-order valence-electron chi connectivity index (χ4n) is 0.470. The van der Waals surface area contributed by atoms with E-state index < -0.39 is 6.16 Å². The topological polar surface area (TPSA) is 47.6 Å². The fourth-order valence-corrected chi connectivity index (χ4v) is 0.470. The van der Waals surface area contributed by atoms with Crippen molar-refractivity contribution in [2.75, 3.05) is 13.7 Å². The molecule has 4 heteroatoms. The Morgan fingerprint density at radius 2 is 2.62 bits per heavy atom. The highest BCUT2D eigenvalue weighted by Crippen LogP contribution is 2.00.